The molecule has 0 radical (unpaired) electrons. The van der Waals surface area contributed by atoms with Crippen molar-refractivity contribution in [2.24, 2.45) is 0 Å². The average molecular weight is 387 g/mol. The fourth-order valence-electron chi connectivity index (χ4n) is 1.18. The van der Waals surface area contributed by atoms with E-state index < -0.39 is 36.2 Å². The topological polar surface area (TPSA) is 64.3 Å². The molecule has 19 heavy (non-hydrogen) atoms. The van der Waals surface area contributed by atoms with Crippen molar-refractivity contribution in [3.63, 3.8) is 0 Å². The number of carbonyl (C=O) groups excluding carboxylic acids is 1. The second kappa shape index (κ2) is 6.04. The number of hydrogen-bond acceptors (Lipinski definition) is 4. The van der Waals surface area contributed by atoms with Crippen LogP contribution in [0, 0.1) is 12.7 Å². The first-order valence-electron chi connectivity index (χ1n) is 5.13. The summed E-state index contributed by atoms with van der Waals surface area (Å²) in [6, 6.07) is 12.1. The largest absolute Gasteiger partial charge is 0.460 e. The van der Waals surface area contributed by atoms with Gasteiger partial charge in [0, 0.05) is 0 Å². The average Bonchev–Trinajstić information content (AvgIpc) is 2.92. The molecule has 0 N–H and O–H groups in total. The SMILES string of the molecule is O=C(c1ccco1)S(=O)(=O)C#C[I+]c1ccccc1. The molecule has 0 aliphatic heterocycles. The van der Waals surface area contributed by atoms with E-state index in [0.717, 1.165) is 3.57 Å². The van der Waals surface area contributed by atoms with Crippen molar-refractivity contribution < 1.29 is 38.8 Å². The standard InChI is InChI=1S/C13H8IO4S/c15-13(12-7-4-9-18-12)19(16,17)10-8-14-11-5-2-1-3-6-11/h1-7,9H/q+1. The zero-order chi connectivity index (χ0) is 13.7. The molecule has 0 amide bonds. The van der Waals surface area contributed by atoms with E-state index in [-0.39, 0.29) is 5.76 Å². The molecule has 0 bridgehead atoms. The number of sulfone groups is 1. The van der Waals surface area contributed by atoms with Crippen LogP contribution in [0.15, 0.2) is 53.1 Å². The molecule has 1 aromatic heterocycles. The van der Waals surface area contributed by atoms with Crippen LogP contribution >= 0.6 is 0 Å². The highest BCUT2D eigenvalue weighted by Gasteiger charge is 2.25. The second-order valence-electron chi connectivity index (χ2n) is 3.35. The molecule has 4 nitrogen and oxygen atoms in total. The maximum absolute atomic E-state index is 11.7. The zero-order valence-electron chi connectivity index (χ0n) is 9.54. The number of furan rings is 1. The van der Waals surface area contributed by atoms with Crippen molar-refractivity contribution in [2.75, 3.05) is 0 Å². The van der Waals surface area contributed by atoms with E-state index in [1.165, 1.54) is 18.4 Å². The van der Waals surface area contributed by atoms with Crippen LogP contribution in [0.5, 0.6) is 0 Å². The molecule has 0 saturated carbocycles. The van der Waals surface area contributed by atoms with E-state index in [1.807, 2.05) is 30.3 Å². The predicted molar refractivity (Wildman–Crippen MR) is 64.9 cm³/mol. The molecule has 2 aromatic rings. The molecule has 1 aromatic carbocycles. The fourth-order valence-corrected chi connectivity index (χ4v) is 4.08. The quantitative estimate of drug-likeness (QED) is 0.476. The molecule has 96 valence electrons. The summed E-state index contributed by atoms with van der Waals surface area (Å²) in [6.07, 6.45) is 1.24. The minimum absolute atomic E-state index is 0.216. The Hall–Kier alpha value is -1.59. The molecule has 0 spiro atoms. The van der Waals surface area contributed by atoms with Crippen LogP contribution in [-0.2, 0) is 9.84 Å². The van der Waals surface area contributed by atoms with E-state index in [0.29, 0.717) is 0 Å². The number of rotatable bonds is 2. The minimum Gasteiger partial charge on any atom is -0.460 e. The lowest BCUT2D eigenvalue weighted by Crippen LogP contribution is -3.59. The van der Waals surface area contributed by atoms with Crippen LogP contribution in [0.1, 0.15) is 10.6 Å². The van der Waals surface area contributed by atoms with Crippen LogP contribution in [0.2, 0.25) is 0 Å². The van der Waals surface area contributed by atoms with Crippen LogP contribution in [-0.4, -0.2) is 13.5 Å². The lowest BCUT2D eigenvalue weighted by molar-refractivity contribution is -0.535. The van der Waals surface area contributed by atoms with Gasteiger partial charge in [-0.15, -0.1) is 0 Å². The van der Waals surface area contributed by atoms with Gasteiger partial charge >= 0.3 is 26.3 Å². The highest BCUT2D eigenvalue weighted by molar-refractivity contribution is 8.10. The van der Waals surface area contributed by atoms with Gasteiger partial charge in [0.25, 0.3) is 9.84 Å². The molecule has 0 saturated heterocycles. The summed E-state index contributed by atoms with van der Waals surface area (Å²) >= 11 is -0.746. The molecule has 0 aliphatic rings. The Labute approximate surface area is 121 Å². The van der Waals surface area contributed by atoms with Gasteiger partial charge in [-0.25, -0.2) is 8.42 Å². The van der Waals surface area contributed by atoms with Gasteiger partial charge in [-0.05, 0) is 24.3 Å². The second-order valence-corrected chi connectivity index (χ2v) is 7.26. The lowest BCUT2D eigenvalue weighted by atomic mass is 10.4. The highest BCUT2D eigenvalue weighted by atomic mass is 127. The van der Waals surface area contributed by atoms with Crippen molar-refractivity contribution in [1.29, 1.82) is 0 Å². The molecule has 0 unspecified atom stereocenters. The summed E-state index contributed by atoms with van der Waals surface area (Å²) in [5, 5.41) is 0.962. The van der Waals surface area contributed by atoms with Crippen molar-refractivity contribution in [2.45, 2.75) is 0 Å². The highest BCUT2D eigenvalue weighted by Crippen LogP contribution is 2.06. The number of hydrogen-bond donors (Lipinski definition) is 0. The zero-order valence-corrected chi connectivity index (χ0v) is 12.5. The summed E-state index contributed by atoms with van der Waals surface area (Å²) in [6.45, 7) is 0. The first-order valence-corrected chi connectivity index (χ1v) is 8.77. The molecular formula is C13H8IO4S+. The van der Waals surface area contributed by atoms with Gasteiger partial charge in [-0.2, -0.15) is 0 Å². The van der Waals surface area contributed by atoms with Gasteiger partial charge in [0.2, 0.25) is 7.50 Å². The van der Waals surface area contributed by atoms with Gasteiger partial charge in [0.15, 0.2) is 5.76 Å². The molecule has 0 atom stereocenters. The summed E-state index contributed by atoms with van der Waals surface area (Å²) in [7, 11) is -4.12. The summed E-state index contributed by atoms with van der Waals surface area (Å²) in [4.78, 5) is 11.6. The molecule has 0 fully saturated rings. The normalized spacial score (nSPS) is 10.5. The van der Waals surface area contributed by atoms with Crippen LogP contribution in [0.3, 0.4) is 0 Å². The number of benzene rings is 1. The molecule has 0 aliphatic carbocycles. The maximum Gasteiger partial charge on any atom is 0.420 e. The molecule has 1 heterocycles. The monoisotopic (exact) mass is 387 g/mol. The van der Waals surface area contributed by atoms with Gasteiger partial charge in [0.1, 0.15) is 0 Å². The van der Waals surface area contributed by atoms with E-state index in [4.69, 9.17) is 4.42 Å². The van der Waals surface area contributed by atoms with Crippen molar-refractivity contribution >= 4 is 15.0 Å². The van der Waals surface area contributed by atoms with Crippen LogP contribution in [0.25, 0.3) is 0 Å². The first-order chi connectivity index (χ1) is 9.09. The Morgan fingerprint density at radius 1 is 1.11 bits per heavy atom. The maximum atomic E-state index is 11.7. The number of carbonyl (C=O) groups is 1. The van der Waals surface area contributed by atoms with Crippen molar-refractivity contribution in [3.8, 4) is 9.18 Å². The number of halogens is 1. The smallest absolute Gasteiger partial charge is 0.420 e. The van der Waals surface area contributed by atoms with Crippen molar-refractivity contribution in [1.82, 2.24) is 0 Å². The fraction of sp³-hybridized carbons (Fsp3) is 0. The Kier molecular flexibility index (Phi) is 4.39. The third-order valence-corrected chi connectivity index (χ3v) is 5.34. The molecule has 2 rings (SSSR count). The van der Waals surface area contributed by atoms with Crippen LogP contribution in [0.4, 0.5) is 0 Å². The summed E-state index contributed by atoms with van der Waals surface area (Å²) in [5.74, 6) is -0.216. The Morgan fingerprint density at radius 2 is 1.84 bits per heavy atom. The Morgan fingerprint density at radius 3 is 2.47 bits per heavy atom. The summed E-state index contributed by atoms with van der Waals surface area (Å²) < 4.78 is 31.7. The van der Waals surface area contributed by atoms with Gasteiger partial charge in [0.05, 0.1) is 11.5 Å². The van der Waals surface area contributed by atoms with E-state index in [2.05, 4.69) is 9.18 Å². The molecular weight excluding hydrogens is 379 g/mol. The third-order valence-electron chi connectivity index (χ3n) is 2.03. The minimum atomic E-state index is -4.12. The Balaban J connectivity index is 2.13. The van der Waals surface area contributed by atoms with Gasteiger partial charge < -0.3 is 4.42 Å². The Bertz CT molecular complexity index is 722. The third kappa shape index (κ3) is 3.68. The van der Waals surface area contributed by atoms with Crippen LogP contribution < -0.4 is 21.2 Å². The van der Waals surface area contributed by atoms with E-state index in [1.54, 1.807) is 0 Å². The predicted octanol–water partition coefficient (Wildman–Crippen LogP) is -1.29. The van der Waals surface area contributed by atoms with Gasteiger partial charge in [-0.1, -0.05) is 18.2 Å². The molecule has 6 heteroatoms. The lowest BCUT2D eigenvalue weighted by Gasteiger charge is -1.89. The van der Waals surface area contributed by atoms with E-state index >= 15 is 0 Å². The van der Waals surface area contributed by atoms with Gasteiger partial charge in [-0.3, -0.25) is 4.79 Å². The van der Waals surface area contributed by atoms with E-state index in [9.17, 15) is 13.2 Å². The first kappa shape index (κ1) is 13.8. The summed E-state index contributed by atoms with van der Waals surface area (Å²) in [5.41, 5.74) is 0. The van der Waals surface area contributed by atoms with Crippen molar-refractivity contribution in [3.05, 3.63) is 58.1 Å².